The number of fused-ring (bicyclic) bond motifs is 1. The third kappa shape index (κ3) is 4.16. The summed E-state index contributed by atoms with van der Waals surface area (Å²) in [5.41, 5.74) is 1.12. The van der Waals surface area contributed by atoms with Gasteiger partial charge in [0.1, 0.15) is 24.2 Å². The van der Waals surface area contributed by atoms with Gasteiger partial charge in [0.25, 0.3) is 5.89 Å². The van der Waals surface area contributed by atoms with Crippen LogP contribution in [0.3, 0.4) is 0 Å². The van der Waals surface area contributed by atoms with Crippen LogP contribution >= 0.6 is 0 Å². The summed E-state index contributed by atoms with van der Waals surface area (Å²) in [5.74, 6) is 2.32. The molecule has 3 heterocycles. The van der Waals surface area contributed by atoms with E-state index in [2.05, 4.69) is 21.4 Å². The van der Waals surface area contributed by atoms with E-state index in [-0.39, 0.29) is 24.1 Å². The number of nitrogens with zero attached hydrogens (tertiary/aromatic N) is 3. The molecule has 2 aromatic carbocycles. The standard InChI is InChI=1S/C25H18N4O3/c26-13-22-24(28-15-17-4-3-11-27-14-17)32-25(29-22)23-10-9-21(31-23)16-30-20-8-7-18-5-1-2-6-19(18)12-20/h1-12,14,28H,15-16H2. The Kier molecular flexibility index (Phi) is 5.25. The molecule has 0 saturated carbocycles. The molecule has 0 atom stereocenters. The second-order valence-electron chi connectivity index (χ2n) is 7.09. The van der Waals surface area contributed by atoms with Gasteiger partial charge in [0.15, 0.2) is 5.76 Å². The van der Waals surface area contributed by atoms with Crippen molar-refractivity contribution < 1.29 is 13.6 Å². The van der Waals surface area contributed by atoms with E-state index in [1.807, 2.05) is 54.6 Å². The minimum absolute atomic E-state index is 0.161. The first-order chi connectivity index (χ1) is 15.8. The van der Waals surface area contributed by atoms with E-state index in [4.69, 9.17) is 13.6 Å². The summed E-state index contributed by atoms with van der Waals surface area (Å²) in [4.78, 5) is 8.31. The highest BCUT2D eigenvalue weighted by Crippen LogP contribution is 2.28. The van der Waals surface area contributed by atoms with Gasteiger partial charge in [-0.3, -0.25) is 4.98 Å². The van der Waals surface area contributed by atoms with Crippen LogP contribution in [0.1, 0.15) is 17.0 Å². The molecule has 156 valence electrons. The highest BCUT2D eigenvalue weighted by Gasteiger charge is 2.17. The molecule has 0 amide bonds. The number of aromatic nitrogens is 2. The second kappa shape index (κ2) is 8.66. The second-order valence-corrected chi connectivity index (χ2v) is 7.09. The summed E-state index contributed by atoms with van der Waals surface area (Å²) >= 11 is 0. The maximum atomic E-state index is 9.39. The van der Waals surface area contributed by atoms with Crippen molar-refractivity contribution in [2.75, 3.05) is 5.32 Å². The number of ether oxygens (including phenoxy) is 1. The monoisotopic (exact) mass is 422 g/mol. The molecule has 7 nitrogen and oxygen atoms in total. The Hall–Kier alpha value is -4.57. The minimum Gasteiger partial charge on any atom is -0.486 e. The Morgan fingerprint density at radius 1 is 0.969 bits per heavy atom. The van der Waals surface area contributed by atoms with E-state index in [9.17, 15) is 5.26 Å². The fraction of sp³-hybridized carbons (Fsp3) is 0.0800. The van der Waals surface area contributed by atoms with Crippen LogP contribution in [0.5, 0.6) is 5.75 Å². The zero-order valence-electron chi connectivity index (χ0n) is 17.0. The number of benzene rings is 2. The summed E-state index contributed by atoms with van der Waals surface area (Å²) in [5, 5.41) is 14.7. The average molecular weight is 422 g/mol. The Balaban J connectivity index is 1.27. The van der Waals surface area contributed by atoms with Gasteiger partial charge in [0, 0.05) is 18.9 Å². The molecule has 5 aromatic rings. The van der Waals surface area contributed by atoms with Gasteiger partial charge in [-0.15, -0.1) is 0 Å². The van der Waals surface area contributed by atoms with Crippen molar-refractivity contribution in [2.45, 2.75) is 13.2 Å². The summed E-state index contributed by atoms with van der Waals surface area (Å²) in [6, 6.07) is 23.4. The zero-order valence-corrected chi connectivity index (χ0v) is 17.0. The number of nitrogens with one attached hydrogen (secondary N) is 1. The maximum absolute atomic E-state index is 9.39. The van der Waals surface area contributed by atoms with Crippen molar-refractivity contribution in [3.63, 3.8) is 0 Å². The molecule has 1 N–H and O–H groups in total. The lowest BCUT2D eigenvalue weighted by Gasteiger charge is -2.05. The van der Waals surface area contributed by atoms with Crippen LogP contribution in [-0.4, -0.2) is 9.97 Å². The molecular weight excluding hydrogens is 404 g/mol. The molecule has 7 heteroatoms. The quantitative estimate of drug-likeness (QED) is 0.367. The van der Waals surface area contributed by atoms with Gasteiger partial charge in [-0.25, -0.2) is 0 Å². The van der Waals surface area contributed by atoms with Gasteiger partial charge in [-0.1, -0.05) is 36.4 Å². The van der Waals surface area contributed by atoms with Crippen molar-refractivity contribution in [3.05, 3.63) is 96.1 Å². The number of pyridine rings is 1. The molecular formula is C25H18N4O3. The first-order valence-corrected chi connectivity index (χ1v) is 10.0. The van der Waals surface area contributed by atoms with Crippen molar-refractivity contribution in [1.29, 1.82) is 5.26 Å². The maximum Gasteiger partial charge on any atom is 0.266 e. The van der Waals surface area contributed by atoms with E-state index in [0.29, 0.717) is 18.1 Å². The van der Waals surface area contributed by atoms with E-state index in [1.54, 1.807) is 24.5 Å². The molecule has 0 radical (unpaired) electrons. The Bertz CT molecular complexity index is 1400. The first kappa shape index (κ1) is 19.4. The molecule has 5 rings (SSSR count). The largest absolute Gasteiger partial charge is 0.486 e. The van der Waals surface area contributed by atoms with Crippen LogP contribution in [-0.2, 0) is 13.2 Å². The minimum atomic E-state index is 0.161. The molecule has 0 aliphatic carbocycles. The number of hydrogen-bond donors (Lipinski definition) is 1. The fourth-order valence-electron chi connectivity index (χ4n) is 3.29. The Morgan fingerprint density at radius 2 is 1.88 bits per heavy atom. The van der Waals surface area contributed by atoms with Crippen molar-refractivity contribution in [2.24, 2.45) is 0 Å². The number of rotatable bonds is 7. The third-order valence-corrected chi connectivity index (χ3v) is 4.88. The van der Waals surface area contributed by atoms with Gasteiger partial charge in [-0.05, 0) is 46.7 Å². The highest BCUT2D eigenvalue weighted by molar-refractivity contribution is 5.83. The van der Waals surface area contributed by atoms with Crippen LogP contribution in [0.25, 0.3) is 22.4 Å². The van der Waals surface area contributed by atoms with Gasteiger partial charge >= 0.3 is 0 Å². The lowest BCUT2D eigenvalue weighted by molar-refractivity contribution is 0.271. The van der Waals surface area contributed by atoms with Crippen molar-refractivity contribution >= 4 is 16.7 Å². The molecule has 0 aliphatic rings. The number of anilines is 1. The van der Waals surface area contributed by atoms with E-state index < -0.39 is 0 Å². The van der Waals surface area contributed by atoms with Gasteiger partial charge < -0.3 is 18.9 Å². The molecule has 0 saturated heterocycles. The van der Waals surface area contributed by atoms with E-state index >= 15 is 0 Å². The van der Waals surface area contributed by atoms with E-state index in [0.717, 1.165) is 22.1 Å². The molecule has 0 fully saturated rings. The number of oxazole rings is 1. The lowest BCUT2D eigenvalue weighted by Crippen LogP contribution is -1.99. The normalized spacial score (nSPS) is 10.7. The fourth-order valence-corrected chi connectivity index (χ4v) is 3.29. The smallest absolute Gasteiger partial charge is 0.266 e. The third-order valence-electron chi connectivity index (χ3n) is 4.88. The van der Waals surface area contributed by atoms with Crippen LogP contribution in [0.2, 0.25) is 0 Å². The van der Waals surface area contributed by atoms with Gasteiger partial charge in [0.05, 0.1) is 0 Å². The summed E-state index contributed by atoms with van der Waals surface area (Å²) < 4.78 is 17.4. The number of hydrogen-bond acceptors (Lipinski definition) is 7. The van der Waals surface area contributed by atoms with Crippen LogP contribution < -0.4 is 10.1 Å². The number of nitriles is 1. The molecule has 32 heavy (non-hydrogen) atoms. The molecule has 3 aromatic heterocycles. The van der Waals surface area contributed by atoms with Crippen molar-refractivity contribution in [3.8, 4) is 23.5 Å². The molecule has 0 unspecified atom stereocenters. The first-order valence-electron chi connectivity index (χ1n) is 10.0. The number of furan rings is 1. The summed E-state index contributed by atoms with van der Waals surface area (Å²) in [6.07, 6.45) is 3.44. The predicted molar refractivity (Wildman–Crippen MR) is 119 cm³/mol. The zero-order chi connectivity index (χ0) is 21.8. The SMILES string of the molecule is N#Cc1nc(-c2ccc(COc3ccc4ccccc4c3)o2)oc1NCc1cccnc1. The Labute approximate surface area is 183 Å². The van der Waals surface area contributed by atoms with Crippen LogP contribution in [0.15, 0.2) is 88.0 Å². The topological polar surface area (TPSA) is 97.1 Å². The summed E-state index contributed by atoms with van der Waals surface area (Å²) in [6.45, 7) is 0.719. The van der Waals surface area contributed by atoms with E-state index in [1.165, 1.54) is 0 Å². The van der Waals surface area contributed by atoms with Gasteiger partial charge in [-0.2, -0.15) is 10.2 Å². The van der Waals surface area contributed by atoms with Crippen LogP contribution in [0.4, 0.5) is 5.88 Å². The average Bonchev–Trinajstić information content (AvgIpc) is 3.49. The Morgan fingerprint density at radius 3 is 2.72 bits per heavy atom. The summed E-state index contributed by atoms with van der Waals surface area (Å²) in [7, 11) is 0. The molecule has 0 aliphatic heterocycles. The highest BCUT2D eigenvalue weighted by atomic mass is 16.5. The lowest BCUT2D eigenvalue weighted by atomic mass is 10.1. The van der Waals surface area contributed by atoms with Crippen LogP contribution in [0, 0.1) is 11.3 Å². The predicted octanol–water partition coefficient (Wildman–Crippen LogP) is 5.55. The van der Waals surface area contributed by atoms with Gasteiger partial charge in [0.2, 0.25) is 11.6 Å². The molecule has 0 spiro atoms. The molecule has 0 bridgehead atoms. The van der Waals surface area contributed by atoms with Crippen molar-refractivity contribution in [1.82, 2.24) is 9.97 Å².